The topological polar surface area (TPSA) is 35.5 Å². The van der Waals surface area contributed by atoms with Gasteiger partial charge in [-0.05, 0) is 87.8 Å². The van der Waals surface area contributed by atoms with Gasteiger partial charge in [0, 0.05) is 5.56 Å². The summed E-state index contributed by atoms with van der Waals surface area (Å²) in [4.78, 5) is 12.3. The maximum absolute atomic E-state index is 12.3. The fourth-order valence-electron chi connectivity index (χ4n) is 5.63. The van der Waals surface area contributed by atoms with Gasteiger partial charge < -0.3 is 9.47 Å². The van der Waals surface area contributed by atoms with Crippen LogP contribution in [0.4, 0.5) is 0 Å². The van der Waals surface area contributed by atoms with E-state index in [0.29, 0.717) is 0 Å². The van der Waals surface area contributed by atoms with Crippen molar-refractivity contribution in [1.29, 1.82) is 0 Å². The monoisotopic (exact) mass is 500 g/mol. The van der Waals surface area contributed by atoms with Gasteiger partial charge in [-0.2, -0.15) is 0 Å². The molecule has 0 aromatic heterocycles. The molecule has 1 heterocycles. The largest absolute Gasteiger partial charge is 0.487 e. The van der Waals surface area contributed by atoms with Gasteiger partial charge in [0.05, 0.1) is 5.92 Å². The summed E-state index contributed by atoms with van der Waals surface area (Å²) in [6, 6.07) is 0. The second-order valence-electron chi connectivity index (χ2n) is 13.0. The van der Waals surface area contributed by atoms with Crippen molar-refractivity contribution in [3.63, 3.8) is 0 Å². The minimum absolute atomic E-state index is 0.114. The Balaban J connectivity index is 1.86. The fourth-order valence-corrected chi connectivity index (χ4v) is 5.63. The van der Waals surface area contributed by atoms with Crippen LogP contribution in [0.2, 0.25) is 0 Å². The van der Waals surface area contributed by atoms with Crippen molar-refractivity contribution in [3.05, 3.63) is 22.3 Å². The highest BCUT2D eigenvalue weighted by atomic mass is 16.5. The van der Waals surface area contributed by atoms with Gasteiger partial charge in [0.25, 0.3) is 0 Å². The molecule has 0 fully saturated rings. The van der Waals surface area contributed by atoms with Gasteiger partial charge in [-0.3, -0.25) is 4.79 Å². The molecule has 206 valence electrons. The first-order valence-electron chi connectivity index (χ1n) is 14.9. The van der Waals surface area contributed by atoms with Crippen LogP contribution in [0.5, 0.6) is 11.5 Å². The molecular weight excluding hydrogens is 444 g/mol. The van der Waals surface area contributed by atoms with Crippen LogP contribution in [-0.4, -0.2) is 11.6 Å². The molecule has 0 N–H and O–H groups in total. The molecule has 0 spiro atoms. The zero-order chi connectivity index (χ0) is 27.0. The SMILES string of the molecule is Cc1c(C)c2c(c(C)c1OC(=O)C(C)C)CC[C@@](C)(CCC[C@H](C)CCCC(C)CCCC(C)C)O2. The van der Waals surface area contributed by atoms with Crippen LogP contribution in [-0.2, 0) is 11.2 Å². The van der Waals surface area contributed by atoms with Crippen molar-refractivity contribution in [2.75, 3.05) is 0 Å². The average Bonchev–Trinajstić information content (AvgIpc) is 2.79. The predicted molar refractivity (Wildman–Crippen MR) is 153 cm³/mol. The molecule has 1 unspecified atom stereocenters. The predicted octanol–water partition coefficient (Wildman–Crippen LogP) is 9.70. The molecule has 36 heavy (non-hydrogen) atoms. The molecule has 0 radical (unpaired) electrons. The summed E-state index contributed by atoms with van der Waals surface area (Å²) in [6.07, 6.45) is 13.9. The van der Waals surface area contributed by atoms with Gasteiger partial charge >= 0.3 is 5.97 Å². The minimum atomic E-state index is -0.170. The molecule has 3 atom stereocenters. The molecule has 0 amide bonds. The smallest absolute Gasteiger partial charge is 0.313 e. The number of esters is 1. The second kappa shape index (κ2) is 13.9. The number of hydrogen-bond donors (Lipinski definition) is 0. The van der Waals surface area contributed by atoms with E-state index in [2.05, 4.69) is 48.5 Å². The number of benzene rings is 1. The van der Waals surface area contributed by atoms with Crippen molar-refractivity contribution < 1.29 is 14.3 Å². The summed E-state index contributed by atoms with van der Waals surface area (Å²) < 4.78 is 12.5. The first-order valence-corrected chi connectivity index (χ1v) is 14.9. The Hall–Kier alpha value is -1.51. The normalized spacial score (nSPS) is 19.2. The molecule has 3 heteroatoms. The zero-order valence-electron chi connectivity index (χ0n) is 25.3. The number of hydrogen-bond acceptors (Lipinski definition) is 3. The highest BCUT2D eigenvalue weighted by Gasteiger charge is 2.35. The van der Waals surface area contributed by atoms with Crippen molar-refractivity contribution >= 4 is 5.97 Å². The number of carbonyl (C=O) groups excluding carboxylic acids is 1. The minimum Gasteiger partial charge on any atom is -0.487 e. The Morgan fingerprint density at radius 2 is 1.39 bits per heavy atom. The molecule has 0 bridgehead atoms. The average molecular weight is 501 g/mol. The Morgan fingerprint density at radius 3 is 1.94 bits per heavy atom. The lowest BCUT2D eigenvalue weighted by molar-refractivity contribution is -0.137. The van der Waals surface area contributed by atoms with E-state index in [0.717, 1.165) is 65.2 Å². The summed E-state index contributed by atoms with van der Waals surface area (Å²) in [5, 5.41) is 0. The van der Waals surface area contributed by atoms with E-state index in [-0.39, 0.29) is 17.5 Å². The highest BCUT2D eigenvalue weighted by molar-refractivity contribution is 5.76. The Bertz CT molecular complexity index is 853. The molecule has 1 aliphatic heterocycles. The maximum atomic E-state index is 12.3. The fraction of sp³-hybridized carbons (Fsp3) is 0.788. The van der Waals surface area contributed by atoms with Crippen LogP contribution >= 0.6 is 0 Å². The van der Waals surface area contributed by atoms with Crippen LogP contribution in [0.1, 0.15) is 135 Å². The van der Waals surface area contributed by atoms with Gasteiger partial charge in [0.1, 0.15) is 17.1 Å². The van der Waals surface area contributed by atoms with E-state index < -0.39 is 0 Å². The third-order valence-corrected chi connectivity index (χ3v) is 8.51. The summed E-state index contributed by atoms with van der Waals surface area (Å²) >= 11 is 0. The number of carbonyl (C=O) groups is 1. The summed E-state index contributed by atoms with van der Waals surface area (Å²) in [5.41, 5.74) is 4.31. The van der Waals surface area contributed by atoms with Crippen molar-refractivity contribution in [3.8, 4) is 11.5 Å². The Morgan fingerprint density at radius 1 is 0.833 bits per heavy atom. The molecule has 2 rings (SSSR count). The van der Waals surface area contributed by atoms with Crippen LogP contribution in [0, 0.1) is 44.4 Å². The molecule has 0 aliphatic carbocycles. The number of fused-ring (bicyclic) bond motifs is 1. The van der Waals surface area contributed by atoms with Crippen LogP contribution in [0.3, 0.4) is 0 Å². The van der Waals surface area contributed by atoms with E-state index in [9.17, 15) is 4.79 Å². The quantitative estimate of drug-likeness (QED) is 0.188. The summed E-state index contributed by atoms with van der Waals surface area (Å²) in [5.74, 6) is 3.95. The van der Waals surface area contributed by atoms with E-state index in [4.69, 9.17) is 9.47 Å². The van der Waals surface area contributed by atoms with Crippen molar-refractivity contribution in [2.45, 2.75) is 145 Å². The molecule has 3 nitrogen and oxygen atoms in total. The molecule has 0 saturated heterocycles. The van der Waals surface area contributed by atoms with Crippen molar-refractivity contribution in [1.82, 2.24) is 0 Å². The van der Waals surface area contributed by atoms with Crippen LogP contribution in [0.25, 0.3) is 0 Å². The van der Waals surface area contributed by atoms with E-state index in [1.54, 1.807) is 0 Å². The zero-order valence-corrected chi connectivity index (χ0v) is 25.3. The third kappa shape index (κ3) is 8.80. The number of rotatable bonds is 14. The Kier molecular flexibility index (Phi) is 11.8. The third-order valence-electron chi connectivity index (χ3n) is 8.51. The standard InChI is InChI=1S/C33H56O3/c1-22(2)14-11-15-24(5)16-12-17-25(6)18-13-20-33(10)21-19-29-28(9)30(35-32(34)23(3)4)26(7)27(8)31(29)36-33/h22-25H,11-21H2,1-10H3/t24?,25-,33-/m1/s1. The van der Waals surface area contributed by atoms with Gasteiger partial charge in [-0.25, -0.2) is 0 Å². The molecule has 1 aromatic carbocycles. The Labute approximate surface area is 223 Å². The molecule has 1 aliphatic rings. The van der Waals surface area contributed by atoms with Gasteiger partial charge in [0.15, 0.2) is 0 Å². The lowest BCUT2D eigenvalue weighted by Gasteiger charge is -2.38. The number of ether oxygens (including phenoxy) is 2. The van der Waals surface area contributed by atoms with E-state index in [1.807, 2.05) is 20.8 Å². The lowest BCUT2D eigenvalue weighted by atomic mass is 9.83. The molecular formula is C33H56O3. The highest BCUT2D eigenvalue weighted by Crippen LogP contribution is 2.45. The summed E-state index contributed by atoms with van der Waals surface area (Å²) in [7, 11) is 0. The molecule has 1 aromatic rings. The van der Waals surface area contributed by atoms with Crippen LogP contribution < -0.4 is 9.47 Å². The van der Waals surface area contributed by atoms with Gasteiger partial charge in [-0.15, -0.1) is 0 Å². The maximum Gasteiger partial charge on any atom is 0.313 e. The first-order chi connectivity index (χ1) is 16.8. The van der Waals surface area contributed by atoms with Gasteiger partial charge in [-0.1, -0.05) is 86.5 Å². The molecule has 0 saturated carbocycles. The second-order valence-corrected chi connectivity index (χ2v) is 13.0. The van der Waals surface area contributed by atoms with E-state index >= 15 is 0 Å². The van der Waals surface area contributed by atoms with Gasteiger partial charge in [0.2, 0.25) is 0 Å². The van der Waals surface area contributed by atoms with Crippen LogP contribution in [0.15, 0.2) is 0 Å². The summed E-state index contributed by atoms with van der Waals surface area (Å²) in [6.45, 7) is 21.8. The van der Waals surface area contributed by atoms with Crippen molar-refractivity contribution in [2.24, 2.45) is 23.7 Å². The lowest BCUT2D eigenvalue weighted by Crippen LogP contribution is -2.37. The first kappa shape index (κ1) is 30.7. The van der Waals surface area contributed by atoms with E-state index in [1.165, 1.54) is 56.9 Å².